The van der Waals surface area contributed by atoms with Gasteiger partial charge in [-0.3, -0.25) is 4.79 Å². The maximum absolute atomic E-state index is 14.7. The molecule has 0 spiro atoms. The lowest BCUT2D eigenvalue weighted by Crippen LogP contribution is -2.58. The Bertz CT molecular complexity index is 1520. The molecule has 3 aromatic rings. The largest absolute Gasteiger partial charge is 0.483 e. The lowest BCUT2D eigenvalue weighted by atomic mass is 10.0. The highest BCUT2D eigenvalue weighted by atomic mass is 19.1. The number of anilines is 1. The summed E-state index contributed by atoms with van der Waals surface area (Å²) in [4.78, 5) is 32.7. The number of hydrogen-bond donors (Lipinski definition) is 0. The SMILES string of the molecule is Cc1nn(-c2cc(OC3CN(C(=O)N4N=CC[C@H]4c4cc(F)cc(F)c4)C3)c(F)cn2)c(C)c1N1CCCC1=O. The zero-order chi connectivity index (χ0) is 28.1. The summed E-state index contributed by atoms with van der Waals surface area (Å²) >= 11 is 0. The predicted octanol–water partition coefficient (Wildman–Crippen LogP) is 4.04. The fraction of sp³-hybridized carbons (Fsp3) is 0.370. The number of pyridine rings is 1. The summed E-state index contributed by atoms with van der Waals surface area (Å²) in [6.07, 6.45) is 3.69. The second-order valence-corrected chi connectivity index (χ2v) is 10.1. The monoisotopic (exact) mass is 553 g/mol. The normalized spacial score (nSPS) is 19.1. The van der Waals surface area contributed by atoms with Crippen molar-refractivity contribution in [1.29, 1.82) is 0 Å². The number of amides is 3. The Hall–Kier alpha value is -4.42. The molecule has 3 aliphatic rings. The van der Waals surface area contributed by atoms with Crippen LogP contribution in [0.2, 0.25) is 0 Å². The Labute approximate surface area is 227 Å². The molecule has 0 bridgehead atoms. The average Bonchev–Trinajstić information content (AvgIpc) is 3.60. The van der Waals surface area contributed by atoms with Gasteiger partial charge in [-0.15, -0.1) is 0 Å². The maximum atomic E-state index is 14.7. The summed E-state index contributed by atoms with van der Waals surface area (Å²) in [6, 6.07) is 3.51. The molecule has 13 heteroatoms. The van der Waals surface area contributed by atoms with Crippen LogP contribution in [0.25, 0.3) is 5.82 Å². The van der Waals surface area contributed by atoms with E-state index in [2.05, 4.69) is 15.2 Å². The molecule has 2 aromatic heterocycles. The molecule has 10 nitrogen and oxygen atoms in total. The summed E-state index contributed by atoms with van der Waals surface area (Å²) in [5.41, 5.74) is 2.41. The number of carbonyl (C=O) groups is 2. The third-order valence-corrected chi connectivity index (χ3v) is 7.33. The van der Waals surface area contributed by atoms with E-state index in [1.54, 1.807) is 9.58 Å². The van der Waals surface area contributed by atoms with Crippen molar-refractivity contribution < 1.29 is 27.5 Å². The number of urea groups is 1. The second-order valence-electron chi connectivity index (χ2n) is 10.1. The number of aryl methyl sites for hydroxylation is 1. The highest BCUT2D eigenvalue weighted by Crippen LogP contribution is 2.33. The predicted molar refractivity (Wildman–Crippen MR) is 138 cm³/mol. The molecule has 0 N–H and O–H groups in total. The van der Waals surface area contributed by atoms with Crippen LogP contribution in [0.4, 0.5) is 23.7 Å². The third kappa shape index (κ3) is 4.54. The molecular weight excluding hydrogens is 527 g/mol. The van der Waals surface area contributed by atoms with E-state index in [1.165, 1.54) is 34.3 Å². The molecule has 0 unspecified atom stereocenters. The van der Waals surface area contributed by atoms with Crippen LogP contribution in [0.3, 0.4) is 0 Å². The van der Waals surface area contributed by atoms with Gasteiger partial charge in [-0.05, 0) is 38.0 Å². The zero-order valence-electron chi connectivity index (χ0n) is 21.9. The van der Waals surface area contributed by atoms with Crippen LogP contribution in [0, 0.1) is 31.3 Å². The molecule has 1 aromatic carbocycles. The molecule has 40 heavy (non-hydrogen) atoms. The van der Waals surface area contributed by atoms with Crippen molar-refractivity contribution in [3.63, 3.8) is 0 Å². The van der Waals surface area contributed by atoms with Crippen molar-refractivity contribution >= 4 is 23.8 Å². The average molecular weight is 554 g/mol. The lowest BCUT2D eigenvalue weighted by molar-refractivity contribution is -0.117. The van der Waals surface area contributed by atoms with Crippen LogP contribution >= 0.6 is 0 Å². The Kier molecular flexibility index (Phi) is 6.43. The number of halogens is 3. The summed E-state index contributed by atoms with van der Waals surface area (Å²) in [6.45, 7) is 4.61. The Morgan fingerprint density at radius 2 is 1.82 bits per heavy atom. The van der Waals surface area contributed by atoms with Gasteiger partial charge in [0.15, 0.2) is 17.4 Å². The zero-order valence-corrected chi connectivity index (χ0v) is 21.9. The number of carbonyl (C=O) groups excluding carboxylic acids is 2. The van der Waals surface area contributed by atoms with Gasteiger partial charge in [-0.25, -0.2) is 32.6 Å². The topological polar surface area (TPSA) is 96.2 Å². The Morgan fingerprint density at radius 3 is 2.52 bits per heavy atom. The van der Waals surface area contributed by atoms with Gasteiger partial charge < -0.3 is 14.5 Å². The van der Waals surface area contributed by atoms with Gasteiger partial charge in [0, 0.05) is 37.7 Å². The summed E-state index contributed by atoms with van der Waals surface area (Å²) in [7, 11) is 0. The van der Waals surface area contributed by atoms with E-state index >= 15 is 0 Å². The van der Waals surface area contributed by atoms with E-state index in [-0.39, 0.29) is 24.7 Å². The van der Waals surface area contributed by atoms with Gasteiger partial charge in [0.05, 0.1) is 42.4 Å². The molecule has 3 aliphatic heterocycles. The van der Waals surface area contributed by atoms with Gasteiger partial charge in [-0.2, -0.15) is 10.2 Å². The van der Waals surface area contributed by atoms with Crippen LogP contribution in [-0.2, 0) is 4.79 Å². The number of hydrazone groups is 1. The lowest BCUT2D eigenvalue weighted by Gasteiger charge is -2.41. The van der Waals surface area contributed by atoms with Gasteiger partial charge in [-0.1, -0.05) is 0 Å². The molecule has 2 saturated heterocycles. The van der Waals surface area contributed by atoms with E-state index in [0.29, 0.717) is 42.2 Å². The van der Waals surface area contributed by atoms with Gasteiger partial charge in [0.25, 0.3) is 0 Å². The number of likely N-dealkylation sites (tertiary alicyclic amines) is 1. The van der Waals surface area contributed by atoms with Gasteiger partial charge in [0.1, 0.15) is 17.7 Å². The first-order valence-electron chi connectivity index (χ1n) is 13.0. The summed E-state index contributed by atoms with van der Waals surface area (Å²) in [5.74, 6) is -1.79. The molecule has 208 valence electrons. The first-order chi connectivity index (χ1) is 19.2. The van der Waals surface area contributed by atoms with E-state index in [4.69, 9.17) is 4.74 Å². The molecule has 0 radical (unpaired) electrons. The molecular formula is C27H26F3N7O3. The number of aromatic nitrogens is 3. The van der Waals surface area contributed by atoms with Crippen LogP contribution < -0.4 is 9.64 Å². The minimum Gasteiger partial charge on any atom is -0.483 e. The van der Waals surface area contributed by atoms with Crippen molar-refractivity contribution in [2.45, 2.75) is 45.3 Å². The van der Waals surface area contributed by atoms with Crippen molar-refractivity contribution in [3.05, 3.63) is 64.9 Å². The van der Waals surface area contributed by atoms with Crippen molar-refractivity contribution in [1.82, 2.24) is 24.7 Å². The minimum absolute atomic E-state index is 0.0410. The molecule has 3 amide bonds. The van der Waals surface area contributed by atoms with Crippen LogP contribution in [0.15, 0.2) is 35.6 Å². The first kappa shape index (κ1) is 25.8. The number of ether oxygens (including phenoxy) is 1. The van der Waals surface area contributed by atoms with E-state index in [9.17, 15) is 22.8 Å². The molecule has 0 aliphatic carbocycles. The van der Waals surface area contributed by atoms with Crippen molar-refractivity contribution in [2.75, 3.05) is 24.5 Å². The van der Waals surface area contributed by atoms with Crippen LogP contribution in [0.1, 0.15) is 42.3 Å². The second kappa shape index (κ2) is 9.96. The first-order valence-corrected chi connectivity index (χ1v) is 13.0. The van der Waals surface area contributed by atoms with Gasteiger partial charge >= 0.3 is 6.03 Å². The van der Waals surface area contributed by atoms with Crippen molar-refractivity contribution in [2.24, 2.45) is 5.10 Å². The quantitative estimate of drug-likeness (QED) is 0.475. The Balaban J connectivity index is 1.13. The van der Waals surface area contributed by atoms with Crippen LogP contribution in [-0.4, -0.2) is 68.6 Å². The number of rotatable bonds is 5. The number of hydrogen-bond acceptors (Lipinski definition) is 6. The highest BCUT2D eigenvalue weighted by molar-refractivity contribution is 5.96. The number of benzene rings is 1. The van der Waals surface area contributed by atoms with Crippen molar-refractivity contribution in [3.8, 4) is 11.6 Å². The minimum atomic E-state index is -0.730. The highest BCUT2D eigenvalue weighted by Gasteiger charge is 2.39. The molecule has 2 fully saturated rings. The molecule has 6 rings (SSSR count). The van der Waals surface area contributed by atoms with E-state index in [0.717, 1.165) is 24.4 Å². The standard InChI is InChI=1S/C27H26F3N7O3/c1-15-26(35-7-3-4-25(35)38)16(2)36(33-15)24-11-23(21(30)12-31-24)40-20-13-34(14-20)27(39)37-22(5-6-32-37)17-8-18(28)10-19(29)9-17/h6,8-12,20,22H,3-5,7,13-14H2,1-2H3/t22-/m0/s1. The van der Waals surface area contributed by atoms with E-state index < -0.39 is 35.6 Å². The maximum Gasteiger partial charge on any atom is 0.341 e. The fourth-order valence-corrected chi connectivity index (χ4v) is 5.38. The van der Waals surface area contributed by atoms with Gasteiger partial charge in [0.2, 0.25) is 5.91 Å². The number of nitrogens with zero attached hydrogens (tertiary/aromatic N) is 7. The fourth-order valence-electron chi connectivity index (χ4n) is 5.38. The summed E-state index contributed by atoms with van der Waals surface area (Å²) in [5, 5.41) is 9.83. The molecule has 0 saturated carbocycles. The van der Waals surface area contributed by atoms with E-state index in [1.807, 2.05) is 13.8 Å². The molecule has 1 atom stereocenters. The molecule has 5 heterocycles. The smallest absolute Gasteiger partial charge is 0.341 e. The Morgan fingerprint density at radius 1 is 1.07 bits per heavy atom. The van der Waals surface area contributed by atoms with Crippen LogP contribution in [0.5, 0.6) is 5.75 Å². The third-order valence-electron chi connectivity index (χ3n) is 7.33. The summed E-state index contributed by atoms with van der Waals surface area (Å²) < 4.78 is 49.5.